The highest BCUT2D eigenvalue weighted by Gasteiger charge is 2.30. The monoisotopic (exact) mass is 382 g/mol. The van der Waals surface area contributed by atoms with E-state index in [2.05, 4.69) is 5.32 Å². The summed E-state index contributed by atoms with van der Waals surface area (Å²) in [5.74, 6) is 1.35. The highest BCUT2D eigenvalue weighted by Crippen LogP contribution is 2.32. The Balaban J connectivity index is 1.59. The Kier molecular flexibility index (Phi) is 5.22. The van der Waals surface area contributed by atoms with Crippen LogP contribution < -0.4 is 14.8 Å². The first-order valence-corrected chi connectivity index (χ1v) is 8.31. The van der Waals surface area contributed by atoms with Crippen LogP contribution in [0.4, 0.5) is 18.9 Å². The smallest absolute Gasteiger partial charge is 0.416 e. The second kappa shape index (κ2) is 7.41. The van der Waals surface area contributed by atoms with Gasteiger partial charge in [-0.3, -0.25) is 0 Å². The Bertz CT molecular complexity index is 798. The maximum atomic E-state index is 12.8. The second-order valence-corrected chi connectivity index (χ2v) is 6.27. The zero-order chi connectivity index (χ0) is 18.7. The largest absolute Gasteiger partial charge is 0.486 e. The van der Waals surface area contributed by atoms with E-state index < -0.39 is 11.7 Å². The minimum Gasteiger partial charge on any atom is -0.486 e. The van der Waals surface area contributed by atoms with Crippen LogP contribution in [-0.4, -0.2) is 36.3 Å². The van der Waals surface area contributed by atoms with E-state index in [1.54, 1.807) is 11.9 Å². The number of benzene rings is 2. The first kappa shape index (κ1) is 18.3. The van der Waals surface area contributed by atoms with E-state index in [9.17, 15) is 13.2 Å². The Hall–Kier alpha value is -2.48. The fourth-order valence-electron chi connectivity index (χ4n) is 2.53. The minimum atomic E-state index is -4.40. The summed E-state index contributed by atoms with van der Waals surface area (Å²) >= 11 is 5.28. The van der Waals surface area contributed by atoms with E-state index in [4.69, 9.17) is 21.7 Å². The normalized spacial score (nSPS) is 16.1. The summed E-state index contributed by atoms with van der Waals surface area (Å²) in [6.07, 6.45) is -4.64. The molecule has 1 heterocycles. The van der Waals surface area contributed by atoms with Crippen molar-refractivity contribution in [2.45, 2.75) is 12.3 Å². The summed E-state index contributed by atoms with van der Waals surface area (Å²) in [6.45, 7) is 0.798. The average molecular weight is 382 g/mol. The first-order valence-electron chi connectivity index (χ1n) is 7.91. The lowest BCUT2D eigenvalue weighted by Crippen LogP contribution is -2.43. The second-order valence-electron chi connectivity index (χ2n) is 5.89. The zero-order valence-electron chi connectivity index (χ0n) is 13.9. The zero-order valence-corrected chi connectivity index (χ0v) is 14.7. The molecule has 0 spiro atoms. The number of alkyl halides is 3. The van der Waals surface area contributed by atoms with Crippen LogP contribution in [-0.2, 0) is 6.18 Å². The molecule has 1 atom stereocenters. The van der Waals surface area contributed by atoms with Crippen LogP contribution in [0.15, 0.2) is 48.5 Å². The molecule has 0 radical (unpaired) electrons. The molecule has 0 bridgehead atoms. The Morgan fingerprint density at radius 3 is 2.65 bits per heavy atom. The number of nitrogens with zero attached hydrogens (tertiary/aromatic N) is 1. The summed E-state index contributed by atoms with van der Waals surface area (Å²) < 4.78 is 49.9. The van der Waals surface area contributed by atoms with E-state index in [-0.39, 0.29) is 11.8 Å². The number of fused-ring (bicyclic) bond motifs is 1. The lowest BCUT2D eigenvalue weighted by molar-refractivity contribution is -0.137. The van der Waals surface area contributed by atoms with Crippen molar-refractivity contribution in [2.75, 3.05) is 25.5 Å². The molecule has 1 aliphatic rings. The molecule has 0 aromatic heterocycles. The first-order chi connectivity index (χ1) is 12.3. The van der Waals surface area contributed by atoms with Gasteiger partial charge < -0.3 is 19.7 Å². The molecule has 3 rings (SSSR count). The van der Waals surface area contributed by atoms with E-state index in [1.165, 1.54) is 12.1 Å². The van der Waals surface area contributed by atoms with Crippen LogP contribution in [0.1, 0.15) is 5.56 Å². The number of rotatable bonds is 3. The van der Waals surface area contributed by atoms with Gasteiger partial charge in [0.2, 0.25) is 0 Å². The third-order valence-electron chi connectivity index (χ3n) is 3.83. The predicted octanol–water partition coefficient (Wildman–Crippen LogP) is 4.17. The molecule has 2 aromatic rings. The topological polar surface area (TPSA) is 33.7 Å². The van der Waals surface area contributed by atoms with Gasteiger partial charge in [0, 0.05) is 12.7 Å². The average Bonchev–Trinajstić information content (AvgIpc) is 2.61. The summed E-state index contributed by atoms with van der Waals surface area (Å²) in [4.78, 5) is 1.71. The summed E-state index contributed by atoms with van der Waals surface area (Å²) in [6, 6.07) is 12.3. The predicted molar refractivity (Wildman–Crippen MR) is 96.6 cm³/mol. The maximum absolute atomic E-state index is 12.8. The molecule has 0 saturated heterocycles. The SMILES string of the molecule is CN(C[C@@H]1COc2ccccc2O1)C(=S)Nc1cccc(C(F)(F)F)c1. The Morgan fingerprint density at radius 2 is 1.92 bits per heavy atom. The van der Waals surface area contributed by atoms with Gasteiger partial charge in [-0.2, -0.15) is 13.2 Å². The van der Waals surface area contributed by atoms with Crippen molar-refractivity contribution in [2.24, 2.45) is 0 Å². The summed E-state index contributed by atoms with van der Waals surface area (Å²) in [5, 5.41) is 3.12. The number of para-hydroxylation sites is 2. The van der Waals surface area contributed by atoms with Gasteiger partial charge in [-0.25, -0.2) is 0 Å². The van der Waals surface area contributed by atoms with Gasteiger partial charge >= 0.3 is 6.18 Å². The summed E-state index contributed by atoms with van der Waals surface area (Å²) in [7, 11) is 1.74. The summed E-state index contributed by atoms with van der Waals surface area (Å²) in [5.41, 5.74) is -0.448. The van der Waals surface area contributed by atoms with Crippen molar-refractivity contribution >= 4 is 23.0 Å². The fraction of sp³-hybridized carbons (Fsp3) is 0.278. The van der Waals surface area contributed by atoms with Gasteiger partial charge in [0.05, 0.1) is 12.1 Å². The highest BCUT2D eigenvalue weighted by molar-refractivity contribution is 7.80. The Morgan fingerprint density at radius 1 is 1.19 bits per heavy atom. The molecule has 0 unspecified atom stereocenters. The molecule has 4 nitrogen and oxygen atoms in total. The molecule has 1 aliphatic heterocycles. The van der Waals surface area contributed by atoms with Gasteiger partial charge in [0.1, 0.15) is 6.61 Å². The van der Waals surface area contributed by atoms with Gasteiger partial charge in [0.25, 0.3) is 0 Å². The van der Waals surface area contributed by atoms with Crippen molar-refractivity contribution in [3.63, 3.8) is 0 Å². The fourth-order valence-corrected chi connectivity index (χ4v) is 2.73. The van der Waals surface area contributed by atoms with E-state index >= 15 is 0 Å². The van der Waals surface area contributed by atoms with Crippen LogP contribution in [0.25, 0.3) is 0 Å². The number of thiocarbonyl (C=S) groups is 1. The number of likely N-dealkylation sites (N-methyl/N-ethyl adjacent to an activating group) is 1. The van der Waals surface area contributed by atoms with E-state index in [0.29, 0.717) is 29.8 Å². The molecule has 0 aliphatic carbocycles. The van der Waals surface area contributed by atoms with Crippen LogP contribution in [0.5, 0.6) is 11.5 Å². The minimum absolute atomic E-state index is 0.240. The third kappa shape index (κ3) is 4.37. The van der Waals surface area contributed by atoms with Gasteiger partial charge in [-0.05, 0) is 42.5 Å². The third-order valence-corrected chi connectivity index (χ3v) is 4.25. The Labute approximate surface area is 154 Å². The molecule has 2 aromatic carbocycles. The van der Waals surface area contributed by atoms with Crippen molar-refractivity contribution in [1.29, 1.82) is 0 Å². The molecule has 0 saturated carbocycles. The molecule has 8 heteroatoms. The van der Waals surface area contributed by atoms with Gasteiger partial charge in [0.15, 0.2) is 22.7 Å². The molecule has 26 heavy (non-hydrogen) atoms. The lowest BCUT2D eigenvalue weighted by Gasteiger charge is -2.30. The lowest BCUT2D eigenvalue weighted by atomic mass is 10.2. The number of nitrogens with one attached hydrogen (secondary N) is 1. The standard InChI is InChI=1S/C18H17F3N2O2S/c1-23(10-14-11-24-15-7-2-3-8-16(15)25-14)17(26)22-13-6-4-5-12(9-13)18(19,20)21/h2-9,14H,10-11H2,1H3,(H,22,26)/t14-/m1/s1. The molecule has 0 amide bonds. The van der Waals surface area contributed by atoms with Crippen LogP contribution in [0, 0.1) is 0 Å². The van der Waals surface area contributed by atoms with Crippen molar-refractivity contribution in [3.05, 3.63) is 54.1 Å². The van der Waals surface area contributed by atoms with E-state index in [0.717, 1.165) is 12.1 Å². The van der Waals surface area contributed by atoms with E-state index in [1.807, 2.05) is 24.3 Å². The molecule has 0 fully saturated rings. The molecule has 138 valence electrons. The van der Waals surface area contributed by atoms with Gasteiger partial charge in [-0.15, -0.1) is 0 Å². The molecule has 1 N–H and O–H groups in total. The van der Waals surface area contributed by atoms with Crippen molar-refractivity contribution < 1.29 is 22.6 Å². The van der Waals surface area contributed by atoms with Gasteiger partial charge in [-0.1, -0.05) is 18.2 Å². The quantitative estimate of drug-likeness (QED) is 0.806. The van der Waals surface area contributed by atoms with Crippen molar-refractivity contribution in [3.8, 4) is 11.5 Å². The molecular formula is C18H17F3N2O2S. The van der Waals surface area contributed by atoms with Crippen LogP contribution in [0.2, 0.25) is 0 Å². The number of hydrogen-bond donors (Lipinski definition) is 1. The van der Waals surface area contributed by atoms with Crippen LogP contribution >= 0.6 is 12.2 Å². The number of hydrogen-bond acceptors (Lipinski definition) is 3. The van der Waals surface area contributed by atoms with Crippen molar-refractivity contribution in [1.82, 2.24) is 4.90 Å². The highest BCUT2D eigenvalue weighted by atomic mass is 32.1. The maximum Gasteiger partial charge on any atom is 0.416 e. The molecular weight excluding hydrogens is 365 g/mol. The number of ether oxygens (including phenoxy) is 2. The van der Waals surface area contributed by atoms with Crippen LogP contribution in [0.3, 0.4) is 0 Å². The number of anilines is 1. The number of halogens is 3.